The second-order valence-corrected chi connectivity index (χ2v) is 7.68. The summed E-state index contributed by atoms with van der Waals surface area (Å²) in [7, 11) is -3.35. The molecular formula is C14H20ClNO5S. The first-order valence-electron chi connectivity index (χ1n) is 6.59. The summed E-state index contributed by atoms with van der Waals surface area (Å²) in [6.07, 6.45) is 0.359. The van der Waals surface area contributed by atoms with Crippen molar-refractivity contribution in [3.8, 4) is 0 Å². The fourth-order valence-electron chi connectivity index (χ4n) is 1.87. The van der Waals surface area contributed by atoms with Crippen LogP contribution >= 0.6 is 11.6 Å². The summed E-state index contributed by atoms with van der Waals surface area (Å²) in [6.45, 7) is -0.442. The van der Waals surface area contributed by atoms with E-state index in [1.54, 1.807) is 0 Å². The molecule has 0 spiro atoms. The van der Waals surface area contributed by atoms with Crippen LogP contribution in [0, 0.1) is 5.41 Å². The summed E-state index contributed by atoms with van der Waals surface area (Å²) in [5.41, 5.74) is -0.291. The fourth-order valence-corrected chi connectivity index (χ4v) is 3.66. The third kappa shape index (κ3) is 6.64. The van der Waals surface area contributed by atoms with Gasteiger partial charge in [-0.3, -0.25) is 0 Å². The van der Waals surface area contributed by atoms with Gasteiger partial charge in [-0.15, -0.1) is 11.6 Å². The van der Waals surface area contributed by atoms with Crippen molar-refractivity contribution in [2.45, 2.75) is 6.61 Å². The molecule has 0 aliphatic heterocycles. The lowest BCUT2D eigenvalue weighted by molar-refractivity contribution is 0.124. The van der Waals surface area contributed by atoms with Crippen molar-refractivity contribution in [2.24, 2.45) is 5.41 Å². The van der Waals surface area contributed by atoms with E-state index < -0.39 is 28.0 Å². The first-order valence-corrected chi connectivity index (χ1v) is 9.19. The lowest BCUT2D eigenvalue weighted by Crippen LogP contribution is -2.46. The zero-order valence-corrected chi connectivity index (χ0v) is 13.9. The van der Waals surface area contributed by atoms with Gasteiger partial charge < -0.3 is 15.2 Å². The van der Waals surface area contributed by atoms with Gasteiger partial charge in [-0.1, -0.05) is 30.3 Å². The molecule has 1 atom stereocenters. The molecule has 6 nitrogen and oxygen atoms in total. The Balaban J connectivity index is 2.52. The van der Waals surface area contributed by atoms with E-state index in [-0.39, 0.29) is 24.8 Å². The van der Waals surface area contributed by atoms with Gasteiger partial charge >= 0.3 is 6.09 Å². The Morgan fingerprint density at radius 1 is 1.36 bits per heavy atom. The summed E-state index contributed by atoms with van der Waals surface area (Å²) < 4.78 is 27.8. The van der Waals surface area contributed by atoms with Crippen LogP contribution in [0.1, 0.15) is 5.56 Å². The molecule has 0 radical (unpaired) electrons. The molecule has 22 heavy (non-hydrogen) atoms. The van der Waals surface area contributed by atoms with Gasteiger partial charge in [-0.2, -0.15) is 0 Å². The summed E-state index contributed by atoms with van der Waals surface area (Å²) >= 11 is 5.77. The molecule has 0 heterocycles. The molecule has 0 saturated carbocycles. The van der Waals surface area contributed by atoms with E-state index in [9.17, 15) is 18.3 Å². The highest BCUT2D eigenvalue weighted by atomic mass is 35.5. The molecule has 1 rings (SSSR count). The Morgan fingerprint density at radius 2 is 2.00 bits per heavy atom. The maximum Gasteiger partial charge on any atom is 0.407 e. The molecule has 2 N–H and O–H groups in total. The molecule has 0 saturated heterocycles. The molecular weight excluding hydrogens is 330 g/mol. The average Bonchev–Trinajstić information content (AvgIpc) is 2.49. The number of nitrogens with one attached hydrogen (secondary N) is 1. The molecule has 0 aliphatic rings. The summed E-state index contributed by atoms with van der Waals surface area (Å²) in [4.78, 5) is 11.7. The number of hydrogen-bond acceptors (Lipinski definition) is 5. The van der Waals surface area contributed by atoms with Crippen LogP contribution in [-0.4, -0.2) is 50.7 Å². The van der Waals surface area contributed by atoms with Gasteiger partial charge in [0.05, 0.1) is 12.4 Å². The monoisotopic (exact) mass is 349 g/mol. The Bertz CT molecular complexity index is 572. The maximum atomic E-state index is 11.7. The van der Waals surface area contributed by atoms with Crippen molar-refractivity contribution in [2.75, 3.05) is 31.0 Å². The van der Waals surface area contributed by atoms with Crippen molar-refractivity contribution < 1.29 is 23.1 Å². The number of benzene rings is 1. The summed E-state index contributed by atoms with van der Waals surface area (Å²) in [6, 6.07) is 9.13. The van der Waals surface area contributed by atoms with Gasteiger partial charge in [0.1, 0.15) is 16.4 Å². The predicted octanol–water partition coefficient (Wildman–Crippen LogP) is 1.17. The van der Waals surface area contributed by atoms with Crippen LogP contribution < -0.4 is 5.32 Å². The molecule has 1 amide bonds. The first-order chi connectivity index (χ1) is 10.3. The largest absolute Gasteiger partial charge is 0.445 e. The smallest absolute Gasteiger partial charge is 0.407 e. The van der Waals surface area contributed by atoms with Crippen LogP contribution in [0.15, 0.2) is 30.3 Å². The third-order valence-corrected chi connectivity index (χ3v) is 4.71. The number of ether oxygens (including phenoxy) is 1. The number of hydrogen-bond donors (Lipinski definition) is 2. The van der Waals surface area contributed by atoms with Gasteiger partial charge in [0.15, 0.2) is 0 Å². The van der Waals surface area contributed by atoms with Crippen LogP contribution in [0.5, 0.6) is 0 Å². The molecule has 0 aromatic heterocycles. The minimum atomic E-state index is -3.35. The van der Waals surface area contributed by atoms with E-state index in [4.69, 9.17) is 16.3 Å². The van der Waals surface area contributed by atoms with Gasteiger partial charge in [0.2, 0.25) is 0 Å². The Morgan fingerprint density at radius 3 is 2.50 bits per heavy atom. The molecule has 1 aromatic rings. The number of sulfone groups is 1. The van der Waals surface area contributed by atoms with Crippen LogP contribution in [0.25, 0.3) is 0 Å². The Hall–Kier alpha value is -1.31. The van der Waals surface area contributed by atoms with Gasteiger partial charge in [-0.05, 0) is 5.56 Å². The average molecular weight is 350 g/mol. The minimum Gasteiger partial charge on any atom is -0.445 e. The van der Waals surface area contributed by atoms with Crippen molar-refractivity contribution >= 4 is 27.5 Å². The van der Waals surface area contributed by atoms with Crippen molar-refractivity contribution in [1.29, 1.82) is 0 Å². The predicted molar refractivity (Wildman–Crippen MR) is 84.6 cm³/mol. The van der Waals surface area contributed by atoms with Crippen molar-refractivity contribution in [1.82, 2.24) is 5.32 Å². The molecule has 0 bridgehead atoms. The molecule has 1 aromatic carbocycles. The number of rotatable bonds is 8. The van der Waals surface area contributed by atoms with Gasteiger partial charge in [-0.25, -0.2) is 13.2 Å². The van der Waals surface area contributed by atoms with Crippen molar-refractivity contribution in [3.05, 3.63) is 35.9 Å². The van der Waals surface area contributed by atoms with E-state index in [1.807, 2.05) is 30.3 Å². The zero-order valence-electron chi connectivity index (χ0n) is 12.3. The highest BCUT2D eigenvalue weighted by molar-refractivity contribution is 7.90. The van der Waals surface area contributed by atoms with Crippen LogP contribution in [0.4, 0.5) is 4.79 Å². The molecule has 0 fully saturated rings. The highest BCUT2D eigenvalue weighted by Gasteiger charge is 2.33. The SMILES string of the molecule is CS(=O)(=O)CC(CO)(CCl)CNC(=O)OCc1ccccc1. The minimum absolute atomic E-state index is 0.0896. The molecule has 0 aliphatic carbocycles. The van der Waals surface area contributed by atoms with Crippen LogP contribution in [0.2, 0.25) is 0 Å². The number of alkyl carbamates (subject to hydrolysis) is 1. The third-order valence-electron chi connectivity index (χ3n) is 3.01. The van der Waals surface area contributed by atoms with Crippen LogP contribution in [0.3, 0.4) is 0 Å². The Kier molecular flexibility index (Phi) is 7.12. The second-order valence-electron chi connectivity index (χ2n) is 5.28. The summed E-state index contributed by atoms with van der Waals surface area (Å²) in [5.74, 6) is -0.422. The van der Waals surface area contributed by atoms with Crippen molar-refractivity contribution in [3.63, 3.8) is 0 Å². The second kappa shape index (κ2) is 8.36. The topological polar surface area (TPSA) is 92.7 Å². The molecule has 8 heteroatoms. The number of carbonyl (C=O) groups excluding carboxylic acids is 1. The zero-order chi connectivity index (χ0) is 16.6. The first kappa shape index (κ1) is 18.7. The fraction of sp³-hybridized carbons (Fsp3) is 0.500. The molecule has 124 valence electrons. The molecule has 1 unspecified atom stereocenters. The standard InChI is InChI=1S/C14H20ClNO5S/c1-22(19,20)11-14(8-15,10-17)9-16-13(18)21-7-12-5-3-2-4-6-12/h2-6,17H,7-11H2,1H3,(H,16,18). The number of carbonyl (C=O) groups is 1. The number of aliphatic hydroxyl groups is 1. The maximum absolute atomic E-state index is 11.7. The number of amides is 1. The van der Waals surface area contributed by atoms with E-state index in [0.29, 0.717) is 0 Å². The lowest BCUT2D eigenvalue weighted by Gasteiger charge is -2.28. The Labute approximate surface area is 135 Å². The summed E-state index contributed by atoms with van der Waals surface area (Å²) in [5, 5.41) is 11.9. The number of aliphatic hydroxyl groups excluding tert-OH is 1. The van der Waals surface area contributed by atoms with Gasteiger partial charge in [0, 0.05) is 24.1 Å². The normalized spacial score (nSPS) is 14.1. The van der Waals surface area contributed by atoms with E-state index in [0.717, 1.165) is 11.8 Å². The highest BCUT2D eigenvalue weighted by Crippen LogP contribution is 2.20. The van der Waals surface area contributed by atoms with E-state index in [1.165, 1.54) is 0 Å². The number of halogens is 1. The van der Waals surface area contributed by atoms with Crippen LogP contribution in [-0.2, 0) is 21.2 Å². The van der Waals surface area contributed by atoms with Gasteiger partial charge in [0.25, 0.3) is 0 Å². The van der Waals surface area contributed by atoms with E-state index in [2.05, 4.69) is 5.32 Å². The lowest BCUT2D eigenvalue weighted by atomic mass is 9.94. The number of alkyl halides is 1. The van der Waals surface area contributed by atoms with E-state index >= 15 is 0 Å². The quantitative estimate of drug-likeness (QED) is 0.687.